The molecule has 0 atom stereocenters. The lowest BCUT2D eigenvalue weighted by Gasteiger charge is -2.35. The monoisotopic (exact) mass is 577 g/mol. The molecule has 3 aromatic carbocycles. The van der Waals surface area contributed by atoms with Gasteiger partial charge in [-0.3, -0.25) is 9.59 Å². The van der Waals surface area contributed by atoms with E-state index in [0.717, 1.165) is 28.7 Å². The number of halogens is 1. The van der Waals surface area contributed by atoms with E-state index in [-0.39, 0.29) is 28.8 Å². The molecular formula is C33H28FN5O4. The number of aryl methyl sites for hydroxylation is 2. The molecule has 9 nitrogen and oxygen atoms in total. The van der Waals surface area contributed by atoms with Crippen molar-refractivity contribution in [3.8, 4) is 17.2 Å². The molecule has 0 bridgehead atoms. The van der Waals surface area contributed by atoms with Crippen LogP contribution in [0.1, 0.15) is 51.9 Å². The number of hydrogen-bond donors (Lipinski definition) is 2. The van der Waals surface area contributed by atoms with Crippen LogP contribution in [0.2, 0.25) is 0 Å². The SMILES string of the molecule is Cc1cc(-n2ncc(C(=O)C3=Cc4cc(C)c(N5C(=O)NC6(CCC6)C5=O)cc4C3)c2N)ccc1Oc1ccccc1F. The molecule has 10 heteroatoms. The number of para-hydroxylation sites is 1. The molecule has 2 heterocycles. The first-order valence-corrected chi connectivity index (χ1v) is 14.1. The first-order valence-electron chi connectivity index (χ1n) is 14.1. The molecule has 1 aromatic heterocycles. The highest BCUT2D eigenvalue weighted by Crippen LogP contribution is 2.41. The van der Waals surface area contributed by atoms with Crippen LogP contribution in [0.4, 0.5) is 20.7 Å². The number of benzene rings is 3. The molecule has 3 amide bonds. The molecule has 3 N–H and O–H groups in total. The minimum Gasteiger partial charge on any atom is -0.454 e. The van der Waals surface area contributed by atoms with Crippen molar-refractivity contribution >= 4 is 35.3 Å². The minimum absolute atomic E-state index is 0.121. The molecule has 43 heavy (non-hydrogen) atoms. The van der Waals surface area contributed by atoms with Gasteiger partial charge in [-0.25, -0.2) is 18.8 Å². The minimum atomic E-state index is -0.773. The van der Waals surface area contributed by atoms with Crippen molar-refractivity contribution in [1.29, 1.82) is 0 Å². The topological polar surface area (TPSA) is 120 Å². The molecule has 3 aliphatic rings. The fourth-order valence-electron chi connectivity index (χ4n) is 6.03. The number of amides is 3. The van der Waals surface area contributed by atoms with Crippen molar-refractivity contribution in [2.24, 2.45) is 0 Å². The maximum atomic E-state index is 14.1. The number of allylic oxidation sites excluding steroid dienone is 1. The number of Topliss-reactive ketones (excluding diaryl/α,β-unsaturated/α-hetero) is 1. The maximum Gasteiger partial charge on any atom is 0.329 e. The van der Waals surface area contributed by atoms with Gasteiger partial charge < -0.3 is 15.8 Å². The van der Waals surface area contributed by atoms with Crippen LogP contribution in [0, 0.1) is 19.7 Å². The van der Waals surface area contributed by atoms with Crippen LogP contribution < -0.4 is 20.7 Å². The van der Waals surface area contributed by atoms with E-state index >= 15 is 0 Å². The summed E-state index contributed by atoms with van der Waals surface area (Å²) in [6, 6.07) is 14.7. The van der Waals surface area contributed by atoms with Crippen LogP contribution in [-0.4, -0.2) is 33.0 Å². The second-order valence-corrected chi connectivity index (χ2v) is 11.4. The van der Waals surface area contributed by atoms with Crippen LogP contribution in [-0.2, 0) is 11.2 Å². The van der Waals surface area contributed by atoms with Gasteiger partial charge in [0.2, 0.25) is 0 Å². The zero-order chi connectivity index (χ0) is 30.0. The van der Waals surface area contributed by atoms with Crippen LogP contribution in [0.5, 0.6) is 11.5 Å². The smallest absolute Gasteiger partial charge is 0.329 e. The normalized spacial score (nSPS) is 16.6. The summed E-state index contributed by atoms with van der Waals surface area (Å²) in [6.45, 7) is 3.68. The van der Waals surface area contributed by atoms with E-state index < -0.39 is 17.4 Å². The van der Waals surface area contributed by atoms with Crippen molar-refractivity contribution in [1.82, 2.24) is 15.1 Å². The molecule has 0 radical (unpaired) electrons. The van der Waals surface area contributed by atoms with E-state index in [0.29, 0.717) is 42.0 Å². The highest BCUT2D eigenvalue weighted by molar-refractivity contribution is 6.24. The number of carbonyl (C=O) groups excluding carboxylic acids is 3. The number of aromatic nitrogens is 2. The Hall–Kier alpha value is -5.25. The second kappa shape index (κ2) is 9.65. The number of anilines is 2. The molecule has 1 aliphatic heterocycles. The number of hydrogen-bond acceptors (Lipinski definition) is 6. The Labute approximate surface area is 246 Å². The number of nitrogen functional groups attached to an aromatic ring is 1. The number of nitrogens with one attached hydrogen (secondary N) is 1. The Morgan fingerprint density at radius 3 is 2.53 bits per heavy atom. The number of carbonyl (C=O) groups is 3. The molecule has 1 saturated heterocycles. The van der Waals surface area contributed by atoms with Gasteiger partial charge in [0.15, 0.2) is 17.3 Å². The lowest BCUT2D eigenvalue weighted by atomic mass is 9.77. The summed E-state index contributed by atoms with van der Waals surface area (Å²) < 4.78 is 21.3. The second-order valence-electron chi connectivity index (χ2n) is 11.4. The molecule has 1 saturated carbocycles. The highest BCUT2D eigenvalue weighted by atomic mass is 19.1. The fraction of sp³-hybridized carbons (Fsp3) is 0.212. The van der Waals surface area contributed by atoms with Gasteiger partial charge in [-0.05, 0) is 104 Å². The number of rotatable bonds is 6. The third-order valence-electron chi connectivity index (χ3n) is 8.58. The van der Waals surface area contributed by atoms with Crippen molar-refractivity contribution in [2.45, 2.75) is 45.1 Å². The van der Waals surface area contributed by atoms with Crippen molar-refractivity contribution < 1.29 is 23.5 Å². The number of ketones is 1. The molecule has 216 valence electrons. The Balaban J connectivity index is 1.11. The van der Waals surface area contributed by atoms with Crippen LogP contribution >= 0.6 is 0 Å². The van der Waals surface area contributed by atoms with E-state index in [2.05, 4.69) is 10.4 Å². The third kappa shape index (κ3) is 4.20. The Kier molecular flexibility index (Phi) is 5.98. The van der Waals surface area contributed by atoms with E-state index in [4.69, 9.17) is 10.5 Å². The number of imide groups is 1. The summed E-state index contributed by atoms with van der Waals surface area (Å²) in [5.74, 6) is -0.135. The Morgan fingerprint density at radius 1 is 1.05 bits per heavy atom. The molecule has 1 spiro atoms. The molecule has 4 aromatic rings. The number of nitrogens with zero attached hydrogens (tertiary/aromatic N) is 3. The van der Waals surface area contributed by atoms with Gasteiger partial charge in [-0.1, -0.05) is 12.1 Å². The van der Waals surface area contributed by atoms with Gasteiger partial charge in [-0.15, -0.1) is 0 Å². The van der Waals surface area contributed by atoms with Crippen LogP contribution in [0.15, 0.2) is 66.4 Å². The summed E-state index contributed by atoms with van der Waals surface area (Å²) >= 11 is 0. The lowest BCUT2D eigenvalue weighted by Crippen LogP contribution is -2.52. The van der Waals surface area contributed by atoms with Gasteiger partial charge in [0.1, 0.15) is 17.1 Å². The highest BCUT2D eigenvalue weighted by Gasteiger charge is 2.55. The summed E-state index contributed by atoms with van der Waals surface area (Å²) in [5, 5.41) is 7.25. The zero-order valence-corrected chi connectivity index (χ0v) is 23.6. The van der Waals surface area contributed by atoms with Gasteiger partial charge in [0.05, 0.1) is 23.1 Å². The van der Waals surface area contributed by atoms with Crippen molar-refractivity contribution in [2.75, 3.05) is 10.6 Å². The predicted octanol–water partition coefficient (Wildman–Crippen LogP) is 5.80. The predicted molar refractivity (Wildman–Crippen MR) is 159 cm³/mol. The van der Waals surface area contributed by atoms with Gasteiger partial charge in [-0.2, -0.15) is 5.10 Å². The zero-order valence-electron chi connectivity index (χ0n) is 23.6. The largest absolute Gasteiger partial charge is 0.454 e. The molecule has 7 rings (SSSR count). The number of nitrogens with two attached hydrogens (primary N) is 1. The molecule has 0 unspecified atom stereocenters. The first-order chi connectivity index (χ1) is 20.6. The third-order valence-corrected chi connectivity index (χ3v) is 8.58. The molecule has 2 fully saturated rings. The van der Waals surface area contributed by atoms with E-state index in [1.165, 1.54) is 21.8 Å². The Bertz CT molecular complexity index is 1910. The average Bonchev–Trinajstić information content (AvgIpc) is 3.63. The fourth-order valence-corrected chi connectivity index (χ4v) is 6.03. The number of fused-ring (bicyclic) bond motifs is 1. The number of urea groups is 1. The van der Waals surface area contributed by atoms with Gasteiger partial charge >= 0.3 is 6.03 Å². The Morgan fingerprint density at radius 2 is 1.84 bits per heavy atom. The average molecular weight is 578 g/mol. The first kappa shape index (κ1) is 26.6. The van der Waals surface area contributed by atoms with Gasteiger partial charge in [0, 0.05) is 12.0 Å². The van der Waals surface area contributed by atoms with E-state index in [1.54, 1.807) is 36.4 Å². The van der Waals surface area contributed by atoms with Crippen molar-refractivity contribution in [3.63, 3.8) is 0 Å². The van der Waals surface area contributed by atoms with E-state index in [1.807, 2.05) is 32.1 Å². The lowest BCUT2D eigenvalue weighted by molar-refractivity contribution is -0.124. The maximum absolute atomic E-state index is 14.1. The summed E-state index contributed by atoms with van der Waals surface area (Å²) in [5.41, 5.74) is 10.8. The van der Waals surface area contributed by atoms with E-state index in [9.17, 15) is 18.8 Å². The summed E-state index contributed by atoms with van der Waals surface area (Å²) in [4.78, 5) is 40.8. The molecular weight excluding hydrogens is 549 g/mol. The summed E-state index contributed by atoms with van der Waals surface area (Å²) in [7, 11) is 0. The quantitative estimate of drug-likeness (QED) is 0.221. The number of ether oxygens (including phenoxy) is 1. The summed E-state index contributed by atoms with van der Waals surface area (Å²) in [6.07, 6.45) is 5.82. The molecule has 2 aliphatic carbocycles. The van der Waals surface area contributed by atoms with Crippen LogP contribution in [0.3, 0.4) is 0 Å². The standard InChI is InChI=1S/C33H28FN5O4/c1-18-12-20-14-22(15-21(20)16-26(18)38-31(41)33(10-5-11-33)37-32(38)42)29(40)24-17-36-39(30(24)35)23-8-9-27(19(2)13-23)43-28-7-4-3-6-25(28)34/h3-4,6-9,12-14,16-17H,5,10-11,15,35H2,1-2H3,(H,37,42). The van der Waals surface area contributed by atoms with Crippen LogP contribution in [0.25, 0.3) is 11.8 Å². The van der Waals surface area contributed by atoms with Crippen molar-refractivity contribution in [3.05, 3.63) is 100 Å². The van der Waals surface area contributed by atoms with Gasteiger partial charge in [0.25, 0.3) is 5.91 Å².